The van der Waals surface area contributed by atoms with E-state index in [0.29, 0.717) is 5.56 Å². The number of carbonyl (C=O) groups is 1. The summed E-state index contributed by atoms with van der Waals surface area (Å²) in [4.78, 5) is 14.6. The highest BCUT2D eigenvalue weighted by Crippen LogP contribution is 2.34. The Bertz CT molecular complexity index is 1090. The van der Waals surface area contributed by atoms with Gasteiger partial charge in [-0.25, -0.2) is 0 Å². The van der Waals surface area contributed by atoms with E-state index < -0.39 is 0 Å². The van der Waals surface area contributed by atoms with Gasteiger partial charge in [0.15, 0.2) is 5.78 Å². The largest absolute Gasteiger partial charge is 0.311 e. The number of benzene rings is 4. The molecule has 4 aromatic carbocycles. The molecule has 0 amide bonds. The number of allylic oxidation sites excluding steroid dienone is 1. The van der Waals surface area contributed by atoms with Crippen molar-refractivity contribution in [1.82, 2.24) is 0 Å². The van der Waals surface area contributed by atoms with Crippen molar-refractivity contribution in [2.24, 2.45) is 0 Å². The van der Waals surface area contributed by atoms with Crippen molar-refractivity contribution >= 4 is 28.9 Å². The molecule has 0 aliphatic rings. The van der Waals surface area contributed by atoms with Crippen LogP contribution in [0.4, 0.5) is 17.1 Å². The van der Waals surface area contributed by atoms with E-state index in [1.807, 2.05) is 85.8 Å². The standard InChI is InChI=1S/C28H23NO/c1-22-12-17-24(18-13-22)28(30)21-16-23-14-19-27(20-15-23)29(25-8-4-2-5-9-25)26-10-6-3-7-11-26/h2-21H,1H3. The summed E-state index contributed by atoms with van der Waals surface area (Å²) in [5.41, 5.74) is 6.10. The number of ketones is 1. The van der Waals surface area contributed by atoms with Crippen LogP contribution in [0.15, 0.2) is 115 Å². The van der Waals surface area contributed by atoms with E-state index >= 15 is 0 Å². The van der Waals surface area contributed by atoms with Crippen LogP contribution in [0, 0.1) is 6.92 Å². The molecule has 0 aromatic heterocycles. The van der Waals surface area contributed by atoms with Gasteiger partial charge in [0.25, 0.3) is 0 Å². The van der Waals surface area contributed by atoms with Gasteiger partial charge in [0.1, 0.15) is 0 Å². The Kier molecular flexibility index (Phi) is 5.86. The van der Waals surface area contributed by atoms with E-state index in [-0.39, 0.29) is 5.78 Å². The molecule has 0 aliphatic heterocycles. The fraction of sp³-hybridized carbons (Fsp3) is 0.0357. The number of nitrogens with zero attached hydrogens (tertiary/aromatic N) is 1. The Labute approximate surface area is 177 Å². The van der Waals surface area contributed by atoms with Crippen LogP contribution in [0.2, 0.25) is 0 Å². The zero-order valence-corrected chi connectivity index (χ0v) is 16.9. The third kappa shape index (κ3) is 4.56. The first-order chi connectivity index (χ1) is 14.7. The summed E-state index contributed by atoms with van der Waals surface area (Å²) in [7, 11) is 0. The van der Waals surface area contributed by atoms with E-state index in [2.05, 4.69) is 41.3 Å². The van der Waals surface area contributed by atoms with Crippen LogP contribution in [0.3, 0.4) is 0 Å². The molecule has 0 aliphatic carbocycles. The molecule has 0 fully saturated rings. The molecule has 0 saturated heterocycles. The topological polar surface area (TPSA) is 20.3 Å². The number of anilines is 3. The van der Waals surface area contributed by atoms with Crippen molar-refractivity contribution < 1.29 is 4.79 Å². The highest BCUT2D eigenvalue weighted by molar-refractivity contribution is 6.06. The molecule has 0 spiro atoms. The molecular weight excluding hydrogens is 366 g/mol. The van der Waals surface area contributed by atoms with E-state index in [1.165, 1.54) is 0 Å². The maximum atomic E-state index is 12.4. The van der Waals surface area contributed by atoms with Crippen molar-refractivity contribution in [3.8, 4) is 0 Å². The van der Waals surface area contributed by atoms with E-state index in [0.717, 1.165) is 28.2 Å². The smallest absolute Gasteiger partial charge is 0.185 e. The minimum absolute atomic E-state index is 0.00859. The highest BCUT2D eigenvalue weighted by Gasteiger charge is 2.11. The number of aryl methyl sites for hydroxylation is 1. The third-order valence-electron chi connectivity index (χ3n) is 4.94. The predicted molar refractivity (Wildman–Crippen MR) is 126 cm³/mol. The van der Waals surface area contributed by atoms with Gasteiger partial charge >= 0.3 is 0 Å². The van der Waals surface area contributed by atoms with Crippen molar-refractivity contribution in [3.05, 3.63) is 132 Å². The number of para-hydroxylation sites is 2. The summed E-state index contributed by atoms with van der Waals surface area (Å²) in [6, 6.07) is 36.5. The van der Waals surface area contributed by atoms with Crippen LogP contribution < -0.4 is 4.90 Å². The Morgan fingerprint density at radius 2 is 1.13 bits per heavy atom. The first kappa shape index (κ1) is 19.4. The lowest BCUT2D eigenvalue weighted by Gasteiger charge is -2.25. The summed E-state index contributed by atoms with van der Waals surface area (Å²) in [5, 5.41) is 0. The fourth-order valence-corrected chi connectivity index (χ4v) is 3.32. The Hall–Kier alpha value is -3.91. The molecule has 30 heavy (non-hydrogen) atoms. The van der Waals surface area contributed by atoms with E-state index in [4.69, 9.17) is 0 Å². The highest BCUT2D eigenvalue weighted by atomic mass is 16.1. The number of rotatable bonds is 6. The zero-order valence-electron chi connectivity index (χ0n) is 16.9. The van der Waals surface area contributed by atoms with Gasteiger partial charge in [0, 0.05) is 22.6 Å². The number of hydrogen-bond acceptors (Lipinski definition) is 2. The summed E-state index contributed by atoms with van der Waals surface area (Å²) < 4.78 is 0. The van der Waals surface area contributed by atoms with Crippen LogP contribution in [0.25, 0.3) is 6.08 Å². The number of hydrogen-bond donors (Lipinski definition) is 0. The van der Waals surface area contributed by atoms with Crippen LogP contribution in [-0.2, 0) is 0 Å². The molecule has 2 heteroatoms. The van der Waals surface area contributed by atoms with Crippen molar-refractivity contribution in [2.75, 3.05) is 4.90 Å². The first-order valence-electron chi connectivity index (χ1n) is 10.00. The third-order valence-corrected chi connectivity index (χ3v) is 4.94. The van der Waals surface area contributed by atoms with Gasteiger partial charge < -0.3 is 4.90 Å². The molecule has 0 saturated carbocycles. The van der Waals surface area contributed by atoms with Crippen LogP contribution in [-0.4, -0.2) is 5.78 Å². The van der Waals surface area contributed by atoms with Crippen LogP contribution >= 0.6 is 0 Å². The van der Waals surface area contributed by atoms with Crippen LogP contribution in [0.1, 0.15) is 21.5 Å². The normalized spacial score (nSPS) is 10.8. The van der Waals surface area contributed by atoms with Gasteiger partial charge in [0.05, 0.1) is 0 Å². The average Bonchev–Trinajstić information content (AvgIpc) is 2.80. The molecule has 146 valence electrons. The molecule has 0 atom stereocenters. The molecule has 0 bridgehead atoms. The summed E-state index contributed by atoms with van der Waals surface area (Å²) in [6.45, 7) is 2.01. The minimum Gasteiger partial charge on any atom is -0.311 e. The van der Waals surface area contributed by atoms with Crippen LogP contribution in [0.5, 0.6) is 0 Å². The molecule has 0 heterocycles. The van der Waals surface area contributed by atoms with Gasteiger partial charge in [-0.1, -0.05) is 84.4 Å². The SMILES string of the molecule is Cc1ccc(C(=O)C=Cc2ccc(N(c3ccccc3)c3ccccc3)cc2)cc1. The van der Waals surface area contributed by atoms with Gasteiger partial charge in [-0.15, -0.1) is 0 Å². The second kappa shape index (κ2) is 9.06. The lowest BCUT2D eigenvalue weighted by atomic mass is 10.1. The second-order valence-corrected chi connectivity index (χ2v) is 7.16. The lowest BCUT2D eigenvalue weighted by Crippen LogP contribution is -2.09. The lowest BCUT2D eigenvalue weighted by molar-refractivity contribution is 0.104. The summed E-state index contributed by atoms with van der Waals surface area (Å²) >= 11 is 0. The molecule has 2 nitrogen and oxygen atoms in total. The molecule has 4 aromatic rings. The van der Waals surface area contributed by atoms with Gasteiger partial charge in [-0.2, -0.15) is 0 Å². The van der Waals surface area contributed by atoms with Crippen molar-refractivity contribution in [2.45, 2.75) is 6.92 Å². The Morgan fingerprint density at radius 1 is 0.633 bits per heavy atom. The van der Waals surface area contributed by atoms with Gasteiger partial charge in [-0.05, 0) is 55.0 Å². The van der Waals surface area contributed by atoms with Crippen molar-refractivity contribution in [3.63, 3.8) is 0 Å². The fourth-order valence-electron chi connectivity index (χ4n) is 3.32. The second-order valence-electron chi connectivity index (χ2n) is 7.16. The number of carbonyl (C=O) groups excluding carboxylic acids is 1. The van der Waals surface area contributed by atoms with E-state index in [9.17, 15) is 4.79 Å². The molecule has 0 unspecified atom stereocenters. The summed E-state index contributed by atoms with van der Waals surface area (Å²) in [5.74, 6) is 0.00859. The van der Waals surface area contributed by atoms with Crippen molar-refractivity contribution in [1.29, 1.82) is 0 Å². The quantitative estimate of drug-likeness (QED) is 0.254. The summed E-state index contributed by atoms with van der Waals surface area (Å²) in [6.07, 6.45) is 3.49. The first-order valence-corrected chi connectivity index (χ1v) is 10.00. The Morgan fingerprint density at radius 3 is 1.67 bits per heavy atom. The molecule has 4 rings (SSSR count). The maximum absolute atomic E-state index is 12.4. The average molecular weight is 389 g/mol. The van der Waals surface area contributed by atoms with Gasteiger partial charge in [0.2, 0.25) is 0 Å². The predicted octanol–water partition coefficient (Wildman–Crippen LogP) is 7.36. The molecule has 0 radical (unpaired) electrons. The maximum Gasteiger partial charge on any atom is 0.185 e. The van der Waals surface area contributed by atoms with E-state index in [1.54, 1.807) is 6.08 Å². The Balaban J connectivity index is 1.58. The minimum atomic E-state index is 0.00859. The zero-order chi connectivity index (χ0) is 20.8. The molecule has 0 N–H and O–H groups in total. The van der Waals surface area contributed by atoms with Gasteiger partial charge in [-0.3, -0.25) is 4.79 Å². The monoisotopic (exact) mass is 389 g/mol. The molecular formula is C28H23NO.